The van der Waals surface area contributed by atoms with Gasteiger partial charge < -0.3 is 4.74 Å². The van der Waals surface area contributed by atoms with Crippen molar-refractivity contribution in [1.29, 1.82) is 0 Å². The zero-order valence-corrected chi connectivity index (χ0v) is 18.5. The first-order chi connectivity index (χ1) is 16.1. The first-order valence-corrected chi connectivity index (χ1v) is 11.0. The Kier molecular flexibility index (Phi) is 6.82. The fourth-order valence-corrected chi connectivity index (χ4v) is 3.99. The highest BCUT2D eigenvalue weighted by molar-refractivity contribution is 6.07. The number of ketones is 1. The molecule has 2 aromatic heterocycles. The van der Waals surface area contributed by atoms with Gasteiger partial charge in [-0.1, -0.05) is 24.6 Å². The van der Waals surface area contributed by atoms with E-state index in [-0.39, 0.29) is 13.0 Å². The lowest BCUT2D eigenvalue weighted by Crippen LogP contribution is -2.32. The van der Waals surface area contributed by atoms with E-state index in [0.717, 1.165) is 23.5 Å². The van der Waals surface area contributed by atoms with E-state index in [9.17, 15) is 9.59 Å². The molecule has 1 saturated carbocycles. The van der Waals surface area contributed by atoms with Crippen LogP contribution in [0.4, 0.5) is 5.82 Å². The zero-order chi connectivity index (χ0) is 23.2. The highest BCUT2D eigenvalue weighted by Gasteiger charge is 2.21. The van der Waals surface area contributed by atoms with Crippen LogP contribution in [0.15, 0.2) is 47.0 Å². The number of rotatable bonds is 2. The van der Waals surface area contributed by atoms with Gasteiger partial charge in [-0.3, -0.25) is 14.5 Å². The number of nitrogens with zero attached hydrogens (tertiary/aromatic N) is 5. The van der Waals surface area contributed by atoms with Gasteiger partial charge in [-0.05, 0) is 43.4 Å². The van der Waals surface area contributed by atoms with Crippen LogP contribution < -0.4 is 20.3 Å². The molecule has 2 aromatic rings. The Balaban J connectivity index is 0.000000201. The number of carbonyl (C=O) groups is 2. The van der Waals surface area contributed by atoms with E-state index < -0.39 is 5.78 Å². The molecule has 170 valence electrons. The van der Waals surface area contributed by atoms with Gasteiger partial charge in [-0.2, -0.15) is 5.10 Å². The summed E-state index contributed by atoms with van der Waals surface area (Å²) in [6, 6.07) is 3.99. The van der Waals surface area contributed by atoms with Crippen LogP contribution in [0.1, 0.15) is 46.0 Å². The van der Waals surface area contributed by atoms with Crippen LogP contribution in [-0.4, -0.2) is 40.1 Å². The number of amides is 1. The van der Waals surface area contributed by atoms with Gasteiger partial charge in [0.2, 0.25) is 5.91 Å². The van der Waals surface area contributed by atoms with Crippen molar-refractivity contribution >= 4 is 23.6 Å². The first-order valence-electron chi connectivity index (χ1n) is 11.0. The SMILES string of the molecule is C#CC(=O)C1=C=CC/C=c2/cnn(C3CCCC3)c2=N1.CN1C(=O)CCOc2cccnc21.[HH]. The lowest BCUT2D eigenvalue weighted by atomic mass is 10.2. The average Bonchev–Trinajstić information content (AvgIpc) is 3.45. The summed E-state index contributed by atoms with van der Waals surface area (Å²) in [7, 11) is 1.71. The molecule has 0 bridgehead atoms. The minimum Gasteiger partial charge on any atom is -0.489 e. The Morgan fingerprint density at radius 3 is 2.97 bits per heavy atom. The van der Waals surface area contributed by atoms with E-state index >= 15 is 0 Å². The maximum absolute atomic E-state index is 11.7. The Morgan fingerprint density at radius 2 is 2.18 bits per heavy atom. The summed E-state index contributed by atoms with van der Waals surface area (Å²) in [6.07, 6.45) is 18.2. The average molecular weight is 446 g/mol. The molecule has 8 nitrogen and oxygen atoms in total. The third-order valence-electron chi connectivity index (χ3n) is 5.74. The number of hydrogen-bond donors (Lipinski definition) is 0. The lowest BCUT2D eigenvalue weighted by Gasteiger charge is -2.13. The molecule has 1 amide bonds. The van der Waals surface area contributed by atoms with E-state index in [4.69, 9.17) is 11.2 Å². The summed E-state index contributed by atoms with van der Waals surface area (Å²) in [5.41, 5.74) is 3.81. The van der Waals surface area contributed by atoms with Gasteiger partial charge in [0.1, 0.15) is 0 Å². The first kappa shape index (κ1) is 22.3. The van der Waals surface area contributed by atoms with Gasteiger partial charge in [-0.25, -0.2) is 14.7 Å². The summed E-state index contributed by atoms with van der Waals surface area (Å²) >= 11 is 0. The van der Waals surface area contributed by atoms with Crippen molar-refractivity contribution in [1.82, 2.24) is 14.8 Å². The topological polar surface area (TPSA) is 89.7 Å². The summed E-state index contributed by atoms with van der Waals surface area (Å²) in [6.45, 7) is 0.432. The monoisotopic (exact) mass is 445 g/mol. The molecule has 33 heavy (non-hydrogen) atoms. The molecule has 4 heterocycles. The summed E-state index contributed by atoms with van der Waals surface area (Å²) in [4.78, 5) is 33.1. The maximum Gasteiger partial charge on any atom is 0.262 e. The molecule has 1 aliphatic carbocycles. The quantitative estimate of drug-likeness (QED) is 0.401. The number of fused-ring (bicyclic) bond motifs is 2. The third-order valence-corrected chi connectivity index (χ3v) is 5.74. The smallest absolute Gasteiger partial charge is 0.262 e. The molecule has 0 N–H and O–H groups in total. The second kappa shape index (κ2) is 10.1. The van der Waals surface area contributed by atoms with Crippen LogP contribution in [0.25, 0.3) is 6.08 Å². The van der Waals surface area contributed by atoms with Crippen molar-refractivity contribution in [2.75, 3.05) is 18.6 Å². The number of hydrogen-bond acceptors (Lipinski definition) is 6. The highest BCUT2D eigenvalue weighted by Crippen LogP contribution is 2.27. The molecule has 0 unspecified atom stereocenters. The van der Waals surface area contributed by atoms with Gasteiger partial charge in [0, 0.05) is 19.9 Å². The Morgan fingerprint density at radius 1 is 1.36 bits per heavy atom. The summed E-state index contributed by atoms with van der Waals surface area (Å²) in [5.74, 6) is 2.98. The number of carbonyl (C=O) groups excluding carboxylic acids is 2. The fraction of sp³-hybridized carbons (Fsp3) is 0.360. The maximum atomic E-state index is 11.7. The summed E-state index contributed by atoms with van der Waals surface area (Å²) < 4.78 is 7.30. The molecule has 0 saturated heterocycles. The van der Waals surface area contributed by atoms with Crippen molar-refractivity contribution in [3.63, 3.8) is 0 Å². The van der Waals surface area contributed by atoms with E-state index in [1.165, 1.54) is 17.7 Å². The van der Waals surface area contributed by atoms with E-state index in [2.05, 4.69) is 26.7 Å². The van der Waals surface area contributed by atoms with Crippen molar-refractivity contribution in [3.8, 4) is 18.1 Å². The number of ether oxygens (including phenoxy) is 1. The van der Waals surface area contributed by atoms with Crippen LogP contribution in [0.2, 0.25) is 0 Å². The molecular weight excluding hydrogens is 418 g/mol. The van der Waals surface area contributed by atoms with Crippen molar-refractivity contribution in [2.24, 2.45) is 4.99 Å². The van der Waals surface area contributed by atoms with Crippen LogP contribution in [0.5, 0.6) is 5.75 Å². The summed E-state index contributed by atoms with van der Waals surface area (Å²) in [5, 5.41) is 5.41. The van der Waals surface area contributed by atoms with Gasteiger partial charge in [0.15, 0.2) is 22.8 Å². The van der Waals surface area contributed by atoms with E-state index in [1.807, 2.05) is 23.0 Å². The molecule has 1 fully saturated rings. The van der Waals surface area contributed by atoms with E-state index in [1.54, 1.807) is 25.4 Å². The minimum atomic E-state index is -0.437. The highest BCUT2D eigenvalue weighted by atomic mass is 16.5. The van der Waals surface area contributed by atoms with Crippen molar-refractivity contribution in [3.05, 3.63) is 52.7 Å². The number of pyridine rings is 1. The zero-order valence-electron chi connectivity index (χ0n) is 18.5. The second-order valence-electron chi connectivity index (χ2n) is 7.90. The van der Waals surface area contributed by atoms with Crippen LogP contribution in [0, 0.1) is 12.3 Å². The number of terminal acetylenes is 1. The van der Waals surface area contributed by atoms with Crippen LogP contribution >= 0.6 is 0 Å². The molecule has 0 radical (unpaired) electrons. The molecule has 0 atom stereocenters. The van der Waals surface area contributed by atoms with Crippen molar-refractivity contribution in [2.45, 2.75) is 44.6 Å². The molecule has 3 aliphatic rings. The van der Waals surface area contributed by atoms with Gasteiger partial charge in [0.05, 0.1) is 25.3 Å². The van der Waals surface area contributed by atoms with Crippen molar-refractivity contribution < 1.29 is 15.8 Å². The van der Waals surface area contributed by atoms with Gasteiger partial charge in [-0.15, -0.1) is 6.42 Å². The normalized spacial score (nSPS) is 18.3. The number of anilines is 1. The second-order valence-corrected chi connectivity index (χ2v) is 7.90. The largest absolute Gasteiger partial charge is 0.489 e. The Hall–Kier alpha value is -3.95. The molecule has 8 heteroatoms. The Labute approximate surface area is 193 Å². The predicted molar refractivity (Wildman–Crippen MR) is 125 cm³/mol. The molecule has 0 aromatic carbocycles. The molecular formula is C25H27N5O3. The molecule has 0 spiro atoms. The number of Topliss-reactive ketones (excluding diaryl/α,β-unsaturated/α-hetero) is 1. The fourth-order valence-electron chi connectivity index (χ4n) is 3.99. The minimum absolute atomic E-state index is 0. The predicted octanol–water partition coefficient (Wildman–Crippen LogP) is 2.12. The third kappa shape index (κ3) is 4.94. The van der Waals surface area contributed by atoms with Crippen LogP contribution in [0.3, 0.4) is 0 Å². The molecule has 2 aliphatic heterocycles. The number of allylic oxidation sites excluding steroid dienone is 1. The Bertz CT molecular complexity index is 1290. The lowest BCUT2D eigenvalue weighted by molar-refractivity contribution is -0.118. The molecule has 5 rings (SSSR count). The number of aromatic nitrogens is 3. The van der Waals surface area contributed by atoms with Crippen LogP contribution in [-0.2, 0) is 9.59 Å². The van der Waals surface area contributed by atoms with E-state index in [0.29, 0.717) is 37.1 Å². The van der Waals surface area contributed by atoms with Gasteiger partial charge >= 0.3 is 0 Å². The van der Waals surface area contributed by atoms with Gasteiger partial charge in [0.25, 0.3) is 5.78 Å². The standard InChI is InChI=1S/C16H15N3O.C9H10N2O2.H2/c1-2-15(20)14-10-6-3-7-12-11-17-19(16(12)18-14)13-8-4-5-9-13;1-11-8(12)4-6-13-7-3-2-5-10-9(7)11;/h1,6-7,11,13H,3-5,8-9H2;2-3,5H,4,6H2,1H3;1H/b12-7-,18-16?;;.